The summed E-state index contributed by atoms with van der Waals surface area (Å²) in [5, 5.41) is 9.29. The van der Waals surface area contributed by atoms with Crippen molar-refractivity contribution in [3.05, 3.63) is 29.8 Å². The molecule has 1 aromatic rings. The maximum absolute atomic E-state index is 13.1. The van der Waals surface area contributed by atoms with Crippen LogP contribution in [0.4, 0.5) is 0 Å². The van der Waals surface area contributed by atoms with Crippen molar-refractivity contribution < 1.29 is 27.9 Å². The van der Waals surface area contributed by atoms with Gasteiger partial charge in [-0.1, -0.05) is 25.1 Å². The van der Waals surface area contributed by atoms with E-state index in [-0.39, 0.29) is 31.0 Å². The third-order valence-corrected chi connectivity index (χ3v) is 6.59. The Hall–Kier alpha value is -2.13. The second-order valence-electron chi connectivity index (χ2n) is 7.12. The van der Waals surface area contributed by atoms with Crippen LogP contribution in [0.25, 0.3) is 0 Å². The SMILES string of the molecule is CC1c2ccccc2OC1C(=O)N(CC(=O)O)C1CCN(S(C)(=O)=O)CC1. The smallest absolute Gasteiger partial charge is 0.323 e. The van der Waals surface area contributed by atoms with Crippen LogP contribution < -0.4 is 4.74 Å². The molecule has 9 heteroatoms. The lowest BCUT2D eigenvalue weighted by Gasteiger charge is -2.38. The van der Waals surface area contributed by atoms with Crippen molar-refractivity contribution in [2.75, 3.05) is 25.9 Å². The summed E-state index contributed by atoms with van der Waals surface area (Å²) in [5.74, 6) is -0.998. The zero-order valence-corrected chi connectivity index (χ0v) is 16.2. The number of carbonyl (C=O) groups is 2. The molecule has 2 atom stereocenters. The summed E-state index contributed by atoms with van der Waals surface area (Å²) in [6.07, 6.45) is 1.19. The zero-order valence-electron chi connectivity index (χ0n) is 15.4. The lowest BCUT2D eigenvalue weighted by Crippen LogP contribution is -2.53. The molecule has 2 unspecified atom stereocenters. The maximum Gasteiger partial charge on any atom is 0.323 e. The van der Waals surface area contributed by atoms with Gasteiger partial charge in [-0.25, -0.2) is 12.7 Å². The van der Waals surface area contributed by atoms with Gasteiger partial charge < -0.3 is 14.7 Å². The first kappa shape index (κ1) is 19.6. The molecule has 0 radical (unpaired) electrons. The number of benzene rings is 1. The van der Waals surface area contributed by atoms with Gasteiger partial charge in [0, 0.05) is 30.6 Å². The number of aliphatic carboxylic acids is 1. The molecule has 8 nitrogen and oxygen atoms in total. The van der Waals surface area contributed by atoms with Crippen LogP contribution in [0.5, 0.6) is 5.75 Å². The third kappa shape index (κ3) is 4.08. The van der Waals surface area contributed by atoms with E-state index in [1.54, 1.807) is 6.07 Å². The number of ether oxygens (including phenoxy) is 1. The number of rotatable bonds is 5. The first-order valence-corrected chi connectivity index (χ1v) is 10.8. The lowest BCUT2D eigenvalue weighted by molar-refractivity contribution is -0.150. The molecule has 1 saturated heterocycles. The fraction of sp³-hybridized carbons (Fsp3) is 0.556. The summed E-state index contributed by atoms with van der Waals surface area (Å²) in [5.41, 5.74) is 0.929. The number of hydrogen-bond donors (Lipinski definition) is 1. The molecule has 1 N–H and O–H groups in total. The second kappa shape index (κ2) is 7.47. The molecule has 27 heavy (non-hydrogen) atoms. The standard InChI is InChI=1S/C18H24N2O6S/c1-12-14-5-3-4-6-15(14)26-17(12)18(23)20(11-16(21)22)13-7-9-19(10-8-13)27(2,24)25/h3-6,12-13,17H,7-11H2,1-2H3,(H,21,22). The normalized spacial score (nSPS) is 23.5. The van der Waals surface area contributed by atoms with E-state index >= 15 is 0 Å². The minimum atomic E-state index is -3.29. The summed E-state index contributed by atoms with van der Waals surface area (Å²) in [6.45, 7) is 2.01. The van der Waals surface area contributed by atoms with E-state index in [2.05, 4.69) is 0 Å². The fourth-order valence-corrected chi connectivity index (χ4v) is 4.69. The van der Waals surface area contributed by atoms with Gasteiger partial charge in [0.05, 0.1) is 6.26 Å². The molecule has 2 aliphatic heterocycles. The van der Waals surface area contributed by atoms with Gasteiger partial charge in [-0.05, 0) is 18.9 Å². The van der Waals surface area contributed by atoms with E-state index in [9.17, 15) is 23.1 Å². The monoisotopic (exact) mass is 396 g/mol. The Morgan fingerprint density at radius 3 is 2.44 bits per heavy atom. The fourth-order valence-electron chi connectivity index (χ4n) is 3.81. The first-order chi connectivity index (χ1) is 12.7. The first-order valence-electron chi connectivity index (χ1n) is 8.91. The van der Waals surface area contributed by atoms with E-state index < -0.39 is 28.6 Å². The van der Waals surface area contributed by atoms with Crippen molar-refractivity contribution in [2.45, 2.75) is 37.8 Å². The van der Waals surface area contributed by atoms with Gasteiger partial charge in [0.2, 0.25) is 10.0 Å². The van der Waals surface area contributed by atoms with Crippen molar-refractivity contribution in [3.8, 4) is 5.75 Å². The number of sulfonamides is 1. The Labute approximate surface area is 158 Å². The minimum absolute atomic E-state index is 0.180. The van der Waals surface area contributed by atoms with Crippen molar-refractivity contribution in [2.24, 2.45) is 0 Å². The van der Waals surface area contributed by atoms with Gasteiger partial charge in [0.15, 0.2) is 6.10 Å². The number of carboxylic acid groups (broad SMARTS) is 1. The Morgan fingerprint density at radius 1 is 1.26 bits per heavy atom. The van der Waals surface area contributed by atoms with Crippen LogP contribution in [0.2, 0.25) is 0 Å². The number of para-hydroxylation sites is 1. The van der Waals surface area contributed by atoms with Gasteiger partial charge in [0.1, 0.15) is 12.3 Å². The quantitative estimate of drug-likeness (QED) is 0.793. The summed E-state index contributed by atoms with van der Waals surface area (Å²) in [7, 11) is -3.29. The number of piperidine rings is 1. The molecule has 2 aliphatic rings. The predicted octanol–water partition coefficient (Wildman–Crippen LogP) is 0.888. The molecule has 0 aliphatic carbocycles. The molecule has 0 aromatic heterocycles. The minimum Gasteiger partial charge on any atom is -0.480 e. The van der Waals surface area contributed by atoms with Gasteiger partial charge in [-0.15, -0.1) is 0 Å². The van der Waals surface area contributed by atoms with Gasteiger partial charge >= 0.3 is 5.97 Å². The van der Waals surface area contributed by atoms with Crippen LogP contribution in [-0.4, -0.2) is 72.6 Å². The van der Waals surface area contributed by atoms with Crippen LogP contribution in [0.1, 0.15) is 31.2 Å². The lowest BCUT2D eigenvalue weighted by atomic mass is 9.95. The van der Waals surface area contributed by atoms with Crippen LogP contribution in [0, 0.1) is 0 Å². The molecule has 1 aromatic carbocycles. The van der Waals surface area contributed by atoms with E-state index in [1.165, 1.54) is 9.21 Å². The Kier molecular flexibility index (Phi) is 5.43. The molecule has 0 saturated carbocycles. The van der Waals surface area contributed by atoms with Crippen LogP contribution in [0.3, 0.4) is 0 Å². The largest absolute Gasteiger partial charge is 0.480 e. The van der Waals surface area contributed by atoms with E-state index in [1.807, 2.05) is 25.1 Å². The summed E-state index contributed by atoms with van der Waals surface area (Å²) < 4.78 is 30.5. The summed E-state index contributed by atoms with van der Waals surface area (Å²) in [4.78, 5) is 25.8. The highest BCUT2D eigenvalue weighted by molar-refractivity contribution is 7.88. The Balaban J connectivity index is 1.76. The van der Waals surface area contributed by atoms with Gasteiger partial charge in [0.25, 0.3) is 5.91 Å². The average molecular weight is 396 g/mol. The highest BCUT2D eigenvalue weighted by Crippen LogP contribution is 2.38. The van der Waals surface area contributed by atoms with E-state index in [0.717, 1.165) is 11.8 Å². The van der Waals surface area contributed by atoms with Gasteiger partial charge in [-0.3, -0.25) is 9.59 Å². The van der Waals surface area contributed by atoms with Crippen LogP contribution in [0.15, 0.2) is 24.3 Å². The molecular weight excluding hydrogens is 372 g/mol. The molecule has 3 rings (SSSR count). The predicted molar refractivity (Wildman–Crippen MR) is 98.1 cm³/mol. The van der Waals surface area contributed by atoms with Crippen molar-refractivity contribution in [1.82, 2.24) is 9.21 Å². The molecule has 1 fully saturated rings. The second-order valence-corrected chi connectivity index (χ2v) is 9.10. The highest BCUT2D eigenvalue weighted by Gasteiger charge is 2.41. The number of hydrogen-bond acceptors (Lipinski definition) is 5. The van der Waals surface area contributed by atoms with Crippen molar-refractivity contribution in [3.63, 3.8) is 0 Å². The molecule has 0 bridgehead atoms. The number of amides is 1. The zero-order chi connectivity index (χ0) is 19.8. The number of carboxylic acids is 1. The van der Waals surface area contributed by atoms with Crippen LogP contribution in [-0.2, 0) is 19.6 Å². The Morgan fingerprint density at radius 2 is 1.89 bits per heavy atom. The van der Waals surface area contributed by atoms with Crippen molar-refractivity contribution in [1.29, 1.82) is 0 Å². The molecule has 1 amide bonds. The third-order valence-electron chi connectivity index (χ3n) is 5.28. The van der Waals surface area contributed by atoms with E-state index in [0.29, 0.717) is 18.6 Å². The number of carbonyl (C=O) groups excluding carboxylic acids is 1. The molecular formula is C18H24N2O6S. The van der Waals surface area contributed by atoms with Gasteiger partial charge in [-0.2, -0.15) is 0 Å². The average Bonchev–Trinajstić information content (AvgIpc) is 2.95. The van der Waals surface area contributed by atoms with E-state index in [4.69, 9.17) is 4.74 Å². The Bertz CT molecular complexity index is 832. The number of nitrogens with zero attached hydrogens (tertiary/aromatic N) is 2. The summed E-state index contributed by atoms with van der Waals surface area (Å²) >= 11 is 0. The van der Waals surface area contributed by atoms with Crippen molar-refractivity contribution >= 4 is 21.9 Å². The summed E-state index contributed by atoms with van der Waals surface area (Å²) in [6, 6.07) is 7.08. The number of fused-ring (bicyclic) bond motifs is 1. The topological polar surface area (TPSA) is 104 Å². The molecule has 148 valence electrons. The maximum atomic E-state index is 13.1. The van der Waals surface area contributed by atoms with Crippen LogP contribution >= 0.6 is 0 Å². The molecule has 2 heterocycles. The highest BCUT2D eigenvalue weighted by atomic mass is 32.2. The molecule has 0 spiro atoms.